The zero-order valence-corrected chi connectivity index (χ0v) is 16.7. The van der Waals surface area contributed by atoms with Gasteiger partial charge in [-0.2, -0.15) is 0 Å². The molecule has 0 saturated carbocycles. The van der Waals surface area contributed by atoms with Crippen molar-refractivity contribution < 1.29 is 0 Å². The fourth-order valence-corrected chi connectivity index (χ4v) is 4.03. The van der Waals surface area contributed by atoms with Gasteiger partial charge in [0.2, 0.25) is 5.95 Å². The number of benzene rings is 1. The summed E-state index contributed by atoms with van der Waals surface area (Å²) in [5.74, 6) is 0.971. The number of thiazole rings is 1. The lowest BCUT2D eigenvalue weighted by Crippen LogP contribution is -2.29. The normalized spacial score (nSPS) is 12.5. The number of fused-ring (bicyclic) bond motifs is 1. The van der Waals surface area contributed by atoms with Crippen molar-refractivity contribution in [1.29, 1.82) is 0 Å². The van der Waals surface area contributed by atoms with Crippen molar-refractivity contribution in [3.63, 3.8) is 0 Å². The Morgan fingerprint density at radius 2 is 2.08 bits per heavy atom. The third kappa shape index (κ3) is 3.88. The summed E-state index contributed by atoms with van der Waals surface area (Å²) in [5, 5.41) is 0.889. The summed E-state index contributed by atoms with van der Waals surface area (Å²) in [4.78, 5) is 16.9. The number of halogens is 1. The fourth-order valence-electron chi connectivity index (χ4n) is 2.19. The molecule has 1 aromatic carbocycles. The van der Waals surface area contributed by atoms with Crippen LogP contribution in [-0.4, -0.2) is 34.3 Å². The molecule has 0 aliphatic rings. The van der Waals surface area contributed by atoms with E-state index in [1.807, 2.05) is 30.8 Å². The Morgan fingerprint density at radius 3 is 2.75 bits per heavy atom. The number of nitrogens with zero attached hydrogens (tertiary/aromatic N) is 4. The Kier molecular flexibility index (Phi) is 5.70. The second-order valence-corrected chi connectivity index (χ2v) is 8.29. The van der Waals surface area contributed by atoms with Crippen LogP contribution in [0.3, 0.4) is 0 Å². The number of hydrogen-bond acceptors (Lipinski definition) is 7. The van der Waals surface area contributed by atoms with Gasteiger partial charge >= 0.3 is 0 Å². The summed E-state index contributed by atoms with van der Waals surface area (Å²) >= 11 is 6.78. The number of nitrogens with two attached hydrogens (primary N) is 1. The Hall–Kier alpha value is -1.22. The quantitative estimate of drug-likeness (QED) is 0.595. The maximum absolute atomic E-state index is 5.82. The lowest BCUT2D eigenvalue weighted by Gasteiger charge is -2.22. The second-order valence-electron chi connectivity index (χ2n) is 5.48. The van der Waals surface area contributed by atoms with E-state index in [0.717, 1.165) is 31.3 Å². The SMILES string of the molecule is CSc1cnc(N(CC(C)CN)c2nc3ccc(Br)cc3s2)nc1. The molecule has 0 spiro atoms. The number of anilines is 2. The zero-order chi connectivity index (χ0) is 17.1. The summed E-state index contributed by atoms with van der Waals surface area (Å²) in [6, 6.07) is 6.10. The van der Waals surface area contributed by atoms with Gasteiger partial charge in [0.15, 0.2) is 5.13 Å². The Bertz CT molecular complexity index is 821. The van der Waals surface area contributed by atoms with Crippen LogP contribution in [0.5, 0.6) is 0 Å². The Labute approximate surface area is 157 Å². The van der Waals surface area contributed by atoms with Crippen LogP contribution in [-0.2, 0) is 0 Å². The monoisotopic (exact) mass is 423 g/mol. The van der Waals surface area contributed by atoms with E-state index in [2.05, 4.69) is 43.8 Å². The first kappa shape index (κ1) is 17.6. The largest absolute Gasteiger partial charge is 0.330 e. The summed E-state index contributed by atoms with van der Waals surface area (Å²) in [7, 11) is 0. The van der Waals surface area contributed by atoms with Gasteiger partial charge in [0.1, 0.15) is 0 Å². The van der Waals surface area contributed by atoms with Gasteiger partial charge in [-0.1, -0.05) is 34.2 Å². The van der Waals surface area contributed by atoms with Crippen molar-refractivity contribution in [2.24, 2.45) is 11.7 Å². The van der Waals surface area contributed by atoms with E-state index in [9.17, 15) is 0 Å². The van der Waals surface area contributed by atoms with Crippen molar-refractivity contribution in [3.05, 3.63) is 35.1 Å². The maximum atomic E-state index is 5.82. The minimum Gasteiger partial charge on any atom is -0.330 e. The molecule has 3 aromatic rings. The van der Waals surface area contributed by atoms with E-state index in [1.54, 1.807) is 23.1 Å². The van der Waals surface area contributed by atoms with Crippen molar-refractivity contribution in [3.8, 4) is 0 Å². The zero-order valence-electron chi connectivity index (χ0n) is 13.4. The van der Waals surface area contributed by atoms with Crippen LogP contribution in [0.2, 0.25) is 0 Å². The van der Waals surface area contributed by atoms with Gasteiger partial charge in [0.05, 0.1) is 10.2 Å². The number of aromatic nitrogens is 3. The standard InChI is InChI=1S/C16H18BrN5S2/c1-10(6-18)9-22(15-19-7-12(23-2)8-20-15)16-21-13-4-3-11(17)5-14(13)24-16/h3-5,7-8,10H,6,9,18H2,1-2H3. The molecule has 2 aromatic heterocycles. The third-order valence-corrected chi connectivity index (χ3v) is 5.77. The van der Waals surface area contributed by atoms with Crippen LogP contribution in [0.15, 0.2) is 40.0 Å². The average molecular weight is 424 g/mol. The van der Waals surface area contributed by atoms with Crippen molar-refractivity contribution in [2.75, 3.05) is 24.2 Å². The fraction of sp³-hybridized carbons (Fsp3) is 0.312. The predicted octanol–water partition coefficient (Wildman–Crippen LogP) is 4.30. The van der Waals surface area contributed by atoms with Crippen LogP contribution in [0.1, 0.15) is 6.92 Å². The highest BCUT2D eigenvalue weighted by atomic mass is 79.9. The van der Waals surface area contributed by atoms with Gasteiger partial charge in [0, 0.05) is 28.3 Å². The van der Waals surface area contributed by atoms with Crippen molar-refractivity contribution in [1.82, 2.24) is 15.0 Å². The van der Waals surface area contributed by atoms with E-state index in [1.165, 1.54) is 0 Å². The van der Waals surface area contributed by atoms with Gasteiger partial charge in [0.25, 0.3) is 0 Å². The molecule has 0 aliphatic heterocycles. The minimum absolute atomic E-state index is 0.313. The van der Waals surface area contributed by atoms with Crippen LogP contribution in [0, 0.1) is 5.92 Å². The Balaban J connectivity index is 2.01. The average Bonchev–Trinajstić information content (AvgIpc) is 3.02. The first-order valence-corrected chi connectivity index (χ1v) is 10.3. The van der Waals surface area contributed by atoms with Gasteiger partial charge < -0.3 is 5.73 Å². The molecule has 1 unspecified atom stereocenters. The molecular weight excluding hydrogens is 406 g/mol. The minimum atomic E-state index is 0.313. The highest BCUT2D eigenvalue weighted by molar-refractivity contribution is 9.10. The van der Waals surface area contributed by atoms with Gasteiger partial charge in [-0.25, -0.2) is 15.0 Å². The number of rotatable bonds is 6. The molecule has 1 atom stereocenters. The molecule has 126 valence electrons. The first-order chi connectivity index (χ1) is 11.6. The van der Waals surface area contributed by atoms with E-state index in [-0.39, 0.29) is 0 Å². The predicted molar refractivity (Wildman–Crippen MR) is 106 cm³/mol. The molecule has 0 bridgehead atoms. The molecule has 2 heterocycles. The summed E-state index contributed by atoms with van der Waals surface area (Å²) < 4.78 is 2.18. The lowest BCUT2D eigenvalue weighted by atomic mass is 10.2. The number of hydrogen-bond donors (Lipinski definition) is 1. The highest BCUT2D eigenvalue weighted by Gasteiger charge is 2.19. The summed E-state index contributed by atoms with van der Waals surface area (Å²) in [6.07, 6.45) is 5.70. The van der Waals surface area contributed by atoms with E-state index in [0.29, 0.717) is 18.4 Å². The lowest BCUT2D eigenvalue weighted by molar-refractivity contribution is 0.594. The molecule has 8 heteroatoms. The molecule has 24 heavy (non-hydrogen) atoms. The van der Waals surface area contributed by atoms with E-state index >= 15 is 0 Å². The topological polar surface area (TPSA) is 67.9 Å². The first-order valence-electron chi connectivity index (χ1n) is 7.50. The third-order valence-electron chi connectivity index (χ3n) is 3.56. The van der Waals surface area contributed by atoms with Gasteiger partial charge in [-0.05, 0) is 36.9 Å². The van der Waals surface area contributed by atoms with Crippen molar-refractivity contribution in [2.45, 2.75) is 11.8 Å². The van der Waals surface area contributed by atoms with Gasteiger partial charge in [-0.3, -0.25) is 4.90 Å². The second kappa shape index (κ2) is 7.77. The van der Waals surface area contributed by atoms with Gasteiger partial charge in [-0.15, -0.1) is 11.8 Å². The highest BCUT2D eigenvalue weighted by Crippen LogP contribution is 2.34. The molecule has 0 radical (unpaired) electrons. The Morgan fingerprint density at radius 1 is 1.33 bits per heavy atom. The number of thioether (sulfide) groups is 1. The van der Waals surface area contributed by atoms with Crippen molar-refractivity contribution >= 4 is 60.3 Å². The molecule has 0 amide bonds. The van der Waals surface area contributed by atoms with E-state index in [4.69, 9.17) is 10.7 Å². The molecular formula is C16H18BrN5S2. The van der Waals surface area contributed by atoms with Crippen LogP contribution in [0.4, 0.5) is 11.1 Å². The molecule has 0 aliphatic carbocycles. The summed E-state index contributed by atoms with van der Waals surface area (Å²) in [6.45, 7) is 3.46. The molecule has 5 nitrogen and oxygen atoms in total. The van der Waals surface area contributed by atoms with E-state index < -0.39 is 0 Å². The van der Waals surface area contributed by atoms with Crippen LogP contribution >= 0.6 is 39.0 Å². The van der Waals surface area contributed by atoms with Crippen LogP contribution < -0.4 is 10.6 Å². The molecule has 3 rings (SSSR count). The summed E-state index contributed by atoms with van der Waals surface area (Å²) in [5.41, 5.74) is 6.80. The molecule has 0 fully saturated rings. The smallest absolute Gasteiger partial charge is 0.231 e. The molecule has 2 N–H and O–H groups in total. The van der Waals surface area contributed by atoms with Crippen LogP contribution in [0.25, 0.3) is 10.2 Å². The maximum Gasteiger partial charge on any atom is 0.231 e. The molecule has 0 saturated heterocycles.